The van der Waals surface area contributed by atoms with Gasteiger partial charge >= 0.3 is 0 Å². The van der Waals surface area contributed by atoms with Crippen LogP contribution in [0.15, 0.2) is 59.0 Å². The number of rotatable bonds is 5. The van der Waals surface area contributed by atoms with Crippen LogP contribution in [-0.2, 0) is 6.42 Å². The van der Waals surface area contributed by atoms with Crippen molar-refractivity contribution < 1.29 is 13.9 Å². The zero-order chi connectivity index (χ0) is 13.8. The third kappa shape index (κ3) is 2.72. The molecule has 0 unspecified atom stereocenters. The molecule has 0 N–H and O–H groups in total. The number of carbonyl (C=O) groups excluding carboxylic acids is 1. The Balaban J connectivity index is 1.67. The molecule has 0 atom stereocenters. The molecule has 0 radical (unpaired) electrons. The van der Waals surface area contributed by atoms with Gasteiger partial charge in [0.25, 0.3) is 0 Å². The highest BCUT2D eigenvalue weighted by Crippen LogP contribution is 2.23. The molecular formula is C17H14O3. The van der Waals surface area contributed by atoms with E-state index >= 15 is 0 Å². The summed E-state index contributed by atoms with van der Waals surface area (Å²) in [5, 5.41) is 0.879. The maximum Gasteiger partial charge on any atom is 0.185 e. The number of ether oxygens (including phenoxy) is 1. The van der Waals surface area contributed by atoms with Gasteiger partial charge in [0.15, 0.2) is 12.0 Å². The second-order valence-corrected chi connectivity index (χ2v) is 4.55. The summed E-state index contributed by atoms with van der Waals surface area (Å²) >= 11 is 0. The van der Waals surface area contributed by atoms with Crippen LogP contribution >= 0.6 is 0 Å². The van der Waals surface area contributed by atoms with Crippen LogP contribution in [0.3, 0.4) is 0 Å². The molecule has 0 fully saturated rings. The van der Waals surface area contributed by atoms with Crippen molar-refractivity contribution in [2.45, 2.75) is 6.42 Å². The molecule has 0 aliphatic heterocycles. The summed E-state index contributed by atoms with van der Waals surface area (Å²) in [7, 11) is 0. The van der Waals surface area contributed by atoms with Crippen molar-refractivity contribution in [3.8, 4) is 5.75 Å². The molecule has 0 spiro atoms. The molecule has 2 aromatic carbocycles. The fraction of sp³-hybridized carbons (Fsp3) is 0.118. The maximum absolute atomic E-state index is 10.7. The van der Waals surface area contributed by atoms with E-state index in [1.807, 2.05) is 36.4 Å². The molecule has 0 aliphatic rings. The lowest BCUT2D eigenvalue weighted by Gasteiger charge is -2.06. The Bertz CT molecular complexity index is 713. The van der Waals surface area contributed by atoms with Gasteiger partial charge < -0.3 is 9.15 Å². The van der Waals surface area contributed by atoms with Crippen molar-refractivity contribution in [3.05, 3.63) is 65.9 Å². The second-order valence-electron chi connectivity index (χ2n) is 4.55. The predicted octanol–water partition coefficient (Wildman–Crippen LogP) is 3.87. The van der Waals surface area contributed by atoms with E-state index in [1.165, 1.54) is 5.56 Å². The highest BCUT2D eigenvalue weighted by molar-refractivity contribution is 5.85. The van der Waals surface area contributed by atoms with Crippen LogP contribution in [0.4, 0.5) is 0 Å². The topological polar surface area (TPSA) is 39.4 Å². The summed E-state index contributed by atoms with van der Waals surface area (Å²) in [6.45, 7) is 0.619. The van der Waals surface area contributed by atoms with Crippen molar-refractivity contribution in [2.24, 2.45) is 0 Å². The van der Waals surface area contributed by atoms with Gasteiger partial charge in [-0.15, -0.1) is 0 Å². The molecule has 3 nitrogen and oxygen atoms in total. The first-order valence-electron chi connectivity index (χ1n) is 6.51. The Labute approximate surface area is 116 Å². The number of benzene rings is 2. The van der Waals surface area contributed by atoms with Gasteiger partial charge in [-0.1, -0.05) is 30.3 Å². The average Bonchev–Trinajstić information content (AvgIpc) is 2.91. The Morgan fingerprint density at radius 3 is 2.70 bits per heavy atom. The van der Waals surface area contributed by atoms with Crippen LogP contribution in [0, 0.1) is 0 Å². The average molecular weight is 266 g/mol. The third-order valence-corrected chi connectivity index (χ3v) is 3.13. The summed E-state index contributed by atoms with van der Waals surface area (Å²) in [6.07, 6.45) is 1.57. The Morgan fingerprint density at radius 1 is 1.05 bits per heavy atom. The van der Waals surface area contributed by atoms with Gasteiger partial charge in [-0.3, -0.25) is 4.79 Å². The summed E-state index contributed by atoms with van der Waals surface area (Å²) in [4.78, 5) is 10.7. The lowest BCUT2D eigenvalue weighted by Crippen LogP contribution is -2.00. The molecule has 3 rings (SSSR count). The summed E-state index contributed by atoms with van der Waals surface area (Å²) in [5.41, 5.74) is 1.95. The minimum absolute atomic E-state index is 0.335. The van der Waals surface area contributed by atoms with Gasteiger partial charge in [-0.25, -0.2) is 0 Å². The van der Waals surface area contributed by atoms with E-state index < -0.39 is 0 Å². The van der Waals surface area contributed by atoms with Gasteiger partial charge in [0, 0.05) is 11.8 Å². The van der Waals surface area contributed by atoms with Crippen LogP contribution in [0.1, 0.15) is 16.1 Å². The summed E-state index contributed by atoms with van der Waals surface area (Å²) < 4.78 is 11.1. The number of furan rings is 1. The minimum atomic E-state index is 0.335. The molecule has 0 aliphatic carbocycles. The van der Waals surface area contributed by atoms with Crippen LogP contribution < -0.4 is 4.74 Å². The SMILES string of the molecule is O=Cc1cc2cc(OCCc3ccccc3)ccc2o1. The number of carbonyl (C=O) groups is 1. The molecule has 0 saturated carbocycles. The fourth-order valence-electron chi connectivity index (χ4n) is 2.12. The van der Waals surface area contributed by atoms with Gasteiger partial charge in [0.05, 0.1) is 6.61 Å². The number of aldehydes is 1. The standard InChI is InChI=1S/C17H14O3/c18-12-16-11-14-10-15(6-7-17(14)20-16)19-9-8-13-4-2-1-3-5-13/h1-7,10-12H,8-9H2. The molecule has 0 bridgehead atoms. The Morgan fingerprint density at radius 2 is 1.90 bits per heavy atom. The van der Waals surface area contributed by atoms with E-state index in [9.17, 15) is 4.79 Å². The Kier molecular flexibility index (Phi) is 3.50. The number of hydrogen-bond donors (Lipinski definition) is 0. The van der Waals surface area contributed by atoms with Crippen LogP contribution in [-0.4, -0.2) is 12.9 Å². The first kappa shape index (κ1) is 12.5. The lowest BCUT2D eigenvalue weighted by molar-refractivity contribution is 0.110. The molecule has 1 heterocycles. The second kappa shape index (κ2) is 5.61. The Hall–Kier alpha value is -2.55. The highest BCUT2D eigenvalue weighted by Gasteiger charge is 2.04. The minimum Gasteiger partial charge on any atom is -0.493 e. The number of hydrogen-bond acceptors (Lipinski definition) is 3. The van der Waals surface area contributed by atoms with Gasteiger partial charge in [0.1, 0.15) is 11.3 Å². The summed E-state index contributed by atoms with van der Waals surface area (Å²) in [6, 6.07) is 17.5. The first-order chi connectivity index (χ1) is 9.85. The quantitative estimate of drug-likeness (QED) is 0.658. The molecule has 3 aromatic rings. The monoisotopic (exact) mass is 266 g/mol. The predicted molar refractivity (Wildman–Crippen MR) is 77.2 cm³/mol. The molecule has 20 heavy (non-hydrogen) atoms. The maximum atomic E-state index is 10.7. The molecule has 0 amide bonds. The van der Waals surface area contributed by atoms with Crippen LogP contribution in [0.2, 0.25) is 0 Å². The van der Waals surface area contributed by atoms with Crippen molar-refractivity contribution in [3.63, 3.8) is 0 Å². The molecule has 1 aromatic heterocycles. The van der Waals surface area contributed by atoms with E-state index in [0.717, 1.165) is 17.6 Å². The largest absolute Gasteiger partial charge is 0.493 e. The van der Waals surface area contributed by atoms with Gasteiger partial charge in [-0.05, 0) is 29.8 Å². The highest BCUT2D eigenvalue weighted by atomic mass is 16.5. The molecule has 0 saturated heterocycles. The van der Waals surface area contributed by atoms with Crippen LogP contribution in [0.5, 0.6) is 5.75 Å². The molecule has 100 valence electrons. The number of fused-ring (bicyclic) bond motifs is 1. The van der Waals surface area contributed by atoms with Gasteiger partial charge in [0.2, 0.25) is 0 Å². The van der Waals surface area contributed by atoms with E-state index in [1.54, 1.807) is 6.07 Å². The first-order valence-corrected chi connectivity index (χ1v) is 6.51. The van der Waals surface area contributed by atoms with E-state index in [2.05, 4.69) is 12.1 Å². The lowest BCUT2D eigenvalue weighted by atomic mass is 10.2. The normalized spacial score (nSPS) is 10.6. The fourth-order valence-corrected chi connectivity index (χ4v) is 2.12. The van der Waals surface area contributed by atoms with Crippen molar-refractivity contribution in [2.75, 3.05) is 6.61 Å². The van der Waals surface area contributed by atoms with E-state index in [0.29, 0.717) is 24.2 Å². The zero-order valence-corrected chi connectivity index (χ0v) is 10.9. The van der Waals surface area contributed by atoms with E-state index in [4.69, 9.17) is 9.15 Å². The van der Waals surface area contributed by atoms with Gasteiger partial charge in [-0.2, -0.15) is 0 Å². The smallest absolute Gasteiger partial charge is 0.185 e. The van der Waals surface area contributed by atoms with Crippen molar-refractivity contribution >= 4 is 17.3 Å². The van der Waals surface area contributed by atoms with Crippen LogP contribution in [0.25, 0.3) is 11.0 Å². The van der Waals surface area contributed by atoms with Crippen molar-refractivity contribution in [1.29, 1.82) is 0 Å². The van der Waals surface area contributed by atoms with E-state index in [-0.39, 0.29) is 0 Å². The van der Waals surface area contributed by atoms with Crippen molar-refractivity contribution in [1.82, 2.24) is 0 Å². The third-order valence-electron chi connectivity index (χ3n) is 3.13. The molecular weight excluding hydrogens is 252 g/mol. The molecule has 3 heteroatoms. The zero-order valence-electron chi connectivity index (χ0n) is 10.9. The summed E-state index contributed by atoms with van der Waals surface area (Å²) in [5.74, 6) is 1.12.